The zero-order chi connectivity index (χ0) is 13.8. The smallest absolute Gasteiger partial charge is 0.354 e. The van der Waals surface area contributed by atoms with Gasteiger partial charge in [-0.25, -0.2) is 4.79 Å². The molecule has 0 bridgehead atoms. The van der Waals surface area contributed by atoms with E-state index in [1.54, 1.807) is 13.0 Å². The van der Waals surface area contributed by atoms with Gasteiger partial charge in [-0.2, -0.15) is 0 Å². The van der Waals surface area contributed by atoms with Gasteiger partial charge < -0.3 is 19.6 Å². The van der Waals surface area contributed by atoms with Gasteiger partial charge in [-0.3, -0.25) is 0 Å². The Labute approximate surface area is 111 Å². The Morgan fingerprint density at radius 2 is 2.21 bits per heavy atom. The Hall–Kier alpha value is -2.01. The van der Waals surface area contributed by atoms with E-state index in [1.807, 2.05) is 19.1 Å². The molecule has 0 saturated carbocycles. The summed E-state index contributed by atoms with van der Waals surface area (Å²) in [6.45, 7) is 4.22. The number of ether oxygens (including phenoxy) is 2. The second-order valence-electron chi connectivity index (χ2n) is 4.14. The van der Waals surface area contributed by atoms with Gasteiger partial charge in [0.15, 0.2) is 0 Å². The van der Waals surface area contributed by atoms with E-state index in [0.29, 0.717) is 18.1 Å². The van der Waals surface area contributed by atoms with Crippen molar-refractivity contribution >= 4 is 16.9 Å². The van der Waals surface area contributed by atoms with Gasteiger partial charge in [-0.05, 0) is 31.5 Å². The first-order valence-corrected chi connectivity index (χ1v) is 6.20. The number of aromatic nitrogens is 1. The predicted octanol–water partition coefficient (Wildman–Crippen LogP) is 2.02. The van der Waals surface area contributed by atoms with Crippen molar-refractivity contribution in [1.29, 1.82) is 0 Å². The maximum atomic E-state index is 11.7. The summed E-state index contributed by atoms with van der Waals surface area (Å²) in [4.78, 5) is 14.7. The summed E-state index contributed by atoms with van der Waals surface area (Å²) in [5.74, 6) is 0.233. The number of hydrogen-bond donors (Lipinski definition) is 2. The molecule has 5 nitrogen and oxygen atoms in total. The second-order valence-corrected chi connectivity index (χ2v) is 4.14. The van der Waals surface area contributed by atoms with Crippen molar-refractivity contribution in [2.24, 2.45) is 0 Å². The predicted molar refractivity (Wildman–Crippen MR) is 71.6 cm³/mol. The third kappa shape index (κ3) is 2.71. The summed E-state index contributed by atoms with van der Waals surface area (Å²) >= 11 is 0. The van der Waals surface area contributed by atoms with Gasteiger partial charge in [0.05, 0.1) is 18.7 Å². The minimum Gasteiger partial charge on any atom is -0.489 e. The lowest BCUT2D eigenvalue weighted by Gasteiger charge is -2.06. The van der Waals surface area contributed by atoms with E-state index in [4.69, 9.17) is 14.6 Å². The quantitative estimate of drug-likeness (QED) is 0.810. The fraction of sp³-hybridized carbons (Fsp3) is 0.357. The van der Waals surface area contributed by atoms with Crippen molar-refractivity contribution < 1.29 is 19.4 Å². The van der Waals surface area contributed by atoms with Crippen LogP contribution < -0.4 is 4.74 Å². The molecule has 2 rings (SSSR count). The summed E-state index contributed by atoms with van der Waals surface area (Å²) < 4.78 is 10.4. The zero-order valence-corrected chi connectivity index (χ0v) is 11.0. The monoisotopic (exact) mass is 263 g/mol. The molecule has 0 spiro atoms. The van der Waals surface area contributed by atoms with Crippen LogP contribution in [0.25, 0.3) is 10.9 Å². The number of nitrogens with one attached hydrogen (secondary N) is 1. The van der Waals surface area contributed by atoms with Crippen molar-refractivity contribution in [3.63, 3.8) is 0 Å². The van der Waals surface area contributed by atoms with Crippen LogP contribution in [0.1, 0.15) is 23.0 Å². The molecule has 0 aliphatic rings. The van der Waals surface area contributed by atoms with Crippen molar-refractivity contribution in [1.82, 2.24) is 4.98 Å². The number of H-pyrrole nitrogens is 1. The topological polar surface area (TPSA) is 71.6 Å². The van der Waals surface area contributed by atoms with Crippen LogP contribution in [0.5, 0.6) is 5.75 Å². The molecule has 0 saturated heterocycles. The first-order valence-electron chi connectivity index (χ1n) is 6.20. The summed E-state index contributed by atoms with van der Waals surface area (Å²) in [6, 6.07) is 5.49. The lowest BCUT2D eigenvalue weighted by Crippen LogP contribution is -2.04. The maximum absolute atomic E-state index is 11.7. The standard InChI is InChI=1S/C14H17NO4/c1-3-18-14(17)11-8-10-9(2)4-5-12(13(10)15-11)19-7-6-16/h4-5,8,15-16H,3,6-7H2,1-2H3. The third-order valence-corrected chi connectivity index (χ3v) is 2.82. The van der Waals surface area contributed by atoms with E-state index in [9.17, 15) is 4.79 Å². The van der Waals surface area contributed by atoms with Crippen molar-refractivity contribution in [3.8, 4) is 5.75 Å². The molecule has 0 unspecified atom stereocenters. The van der Waals surface area contributed by atoms with Gasteiger partial charge in [-0.15, -0.1) is 0 Å². The number of rotatable bonds is 5. The molecule has 0 radical (unpaired) electrons. The van der Waals surface area contributed by atoms with Crippen LogP contribution in [0.15, 0.2) is 18.2 Å². The molecule has 5 heteroatoms. The van der Waals surface area contributed by atoms with Crippen LogP contribution in [-0.4, -0.2) is 35.9 Å². The van der Waals surface area contributed by atoms with Gasteiger partial charge in [0, 0.05) is 5.39 Å². The molecule has 0 aliphatic carbocycles. The van der Waals surface area contributed by atoms with Crippen LogP contribution in [0, 0.1) is 6.92 Å². The lowest BCUT2D eigenvalue weighted by atomic mass is 10.1. The molecule has 0 fully saturated rings. The molecule has 19 heavy (non-hydrogen) atoms. The normalized spacial score (nSPS) is 10.7. The van der Waals surface area contributed by atoms with Gasteiger partial charge in [0.1, 0.15) is 18.1 Å². The lowest BCUT2D eigenvalue weighted by molar-refractivity contribution is 0.0520. The van der Waals surface area contributed by atoms with Crippen LogP contribution in [0.4, 0.5) is 0 Å². The molecule has 1 heterocycles. The average Bonchev–Trinajstić information content (AvgIpc) is 2.84. The van der Waals surface area contributed by atoms with Crippen LogP contribution in [0.3, 0.4) is 0 Å². The van der Waals surface area contributed by atoms with Crippen LogP contribution in [0.2, 0.25) is 0 Å². The molecule has 1 aromatic carbocycles. The van der Waals surface area contributed by atoms with E-state index in [2.05, 4.69) is 4.98 Å². The van der Waals surface area contributed by atoms with Gasteiger partial charge in [0.25, 0.3) is 0 Å². The molecule has 2 aromatic rings. The van der Waals surface area contributed by atoms with E-state index in [1.165, 1.54) is 0 Å². The second kappa shape index (κ2) is 5.75. The summed E-state index contributed by atoms with van der Waals surface area (Å²) in [5, 5.41) is 9.72. The minimum absolute atomic E-state index is 0.0548. The maximum Gasteiger partial charge on any atom is 0.354 e. The number of benzene rings is 1. The number of fused-ring (bicyclic) bond motifs is 1. The minimum atomic E-state index is -0.383. The molecular formula is C14H17NO4. The molecule has 0 atom stereocenters. The first kappa shape index (κ1) is 13.4. The van der Waals surface area contributed by atoms with Crippen LogP contribution >= 0.6 is 0 Å². The average molecular weight is 263 g/mol. The van der Waals surface area contributed by atoms with Crippen molar-refractivity contribution in [2.45, 2.75) is 13.8 Å². The number of carbonyl (C=O) groups excluding carboxylic acids is 1. The van der Waals surface area contributed by atoms with E-state index >= 15 is 0 Å². The molecule has 1 aromatic heterocycles. The largest absolute Gasteiger partial charge is 0.489 e. The number of carbonyl (C=O) groups is 1. The number of hydrogen-bond acceptors (Lipinski definition) is 4. The Morgan fingerprint density at radius 3 is 2.89 bits per heavy atom. The molecule has 0 aliphatic heterocycles. The van der Waals surface area contributed by atoms with E-state index in [-0.39, 0.29) is 19.2 Å². The molecule has 102 valence electrons. The molecule has 0 amide bonds. The highest BCUT2D eigenvalue weighted by Gasteiger charge is 2.14. The molecule has 2 N–H and O–H groups in total. The number of aryl methyl sites for hydroxylation is 1. The third-order valence-electron chi connectivity index (χ3n) is 2.82. The fourth-order valence-corrected chi connectivity index (χ4v) is 1.93. The van der Waals surface area contributed by atoms with Gasteiger partial charge in [-0.1, -0.05) is 6.07 Å². The SMILES string of the molecule is CCOC(=O)c1cc2c(C)ccc(OCCO)c2[nH]1. The summed E-state index contributed by atoms with van der Waals surface area (Å²) in [7, 11) is 0. The Kier molecular flexibility index (Phi) is 4.06. The van der Waals surface area contributed by atoms with E-state index < -0.39 is 0 Å². The van der Waals surface area contributed by atoms with Gasteiger partial charge >= 0.3 is 5.97 Å². The Morgan fingerprint density at radius 1 is 1.42 bits per heavy atom. The fourth-order valence-electron chi connectivity index (χ4n) is 1.93. The number of aliphatic hydroxyl groups is 1. The summed E-state index contributed by atoms with van der Waals surface area (Å²) in [5.41, 5.74) is 2.19. The highest BCUT2D eigenvalue weighted by atomic mass is 16.5. The number of esters is 1. The highest BCUT2D eigenvalue weighted by Crippen LogP contribution is 2.28. The highest BCUT2D eigenvalue weighted by molar-refractivity contribution is 5.98. The van der Waals surface area contributed by atoms with Crippen molar-refractivity contribution in [2.75, 3.05) is 19.8 Å². The van der Waals surface area contributed by atoms with E-state index in [0.717, 1.165) is 16.5 Å². The number of aliphatic hydroxyl groups excluding tert-OH is 1. The van der Waals surface area contributed by atoms with Gasteiger partial charge in [0.2, 0.25) is 0 Å². The van der Waals surface area contributed by atoms with Crippen molar-refractivity contribution in [3.05, 3.63) is 29.5 Å². The molecular weight excluding hydrogens is 246 g/mol. The zero-order valence-electron chi connectivity index (χ0n) is 11.0. The Balaban J connectivity index is 2.44. The Bertz CT molecular complexity index is 588. The van der Waals surface area contributed by atoms with Crippen LogP contribution in [-0.2, 0) is 4.74 Å². The number of aromatic amines is 1. The first-order chi connectivity index (χ1) is 9.17. The summed E-state index contributed by atoms with van der Waals surface area (Å²) in [6.07, 6.45) is 0.